The van der Waals surface area contributed by atoms with Gasteiger partial charge in [0.15, 0.2) is 0 Å². The Kier molecular flexibility index (Phi) is 4.65. The molecule has 0 saturated heterocycles. The molecular formula is C13H12Cl2N2O3. The molecular weight excluding hydrogens is 303 g/mol. The highest BCUT2D eigenvalue weighted by molar-refractivity contribution is 6.36. The first-order valence-corrected chi connectivity index (χ1v) is 6.41. The van der Waals surface area contributed by atoms with Gasteiger partial charge >= 0.3 is 0 Å². The van der Waals surface area contributed by atoms with Crippen molar-refractivity contribution < 1.29 is 14.6 Å². The van der Waals surface area contributed by atoms with Crippen LogP contribution in [-0.4, -0.2) is 29.3 Å². The van der Waals surface area contributed by atoms with Gasteiger partial charge in [-0.1, -0.05) is 29.3 Å². The third-order valence-electron chi connectivity index (χ3n) is 2.68. The van der Waals surface area contributed by atoms with Gasteiger partial charge in [-0.15, -0.1) is 0 Å². The topological polar surface area (TPSA) is 64.5 Å². The Morgan fingerprint density at radius 2 is 1.80 bits per heavy atom. The summed E-state index contributed by atoms with van der Waals surface area (Å²) in [7, 11) is 2.89. The molecule has 7 heteroatoms. The summed E-state index contributed by atoms with van der Waals surface area (Å²) in [5.74, 6) is 0.427. The number of methoxy groups -OCH3 is 2. The van der Waals surface area contributed by atoms with Crippen LogP contribution in [0.2, 0.25) is 10.0 Å². The monoisotopic (exact) mass is 314 g/mol. The number of halogens is 2. The molecule has 1 unspecified atom stereocenters. The molecule has 0 aliphatic rings. The average molecular weight is 315 g/mol. The molecule has 20 heavy (non-hydrogen) atoms. The van der Waals surface area contributed by atoms with Gasteiger partial charge in [0.05, 0.1) is 20.4 Å². The highest BCUT2D eigenvalue weighted by Gasteiger charge is 2.23. The second-order valence-corrected chi connectivity index (χ2v) is 4.66. The number of aliphatic hydroxyl groups is 1. The van der Waals surface area contributed by atoms with Crippen molar-refractivity contribution in [1.82, 2.24) is 9.97 Å². The zero-order valence-corrected chi connectivity index (χ0v) is 12.3. The molecule has 0 spiro atoms. The number of aliphatic hydroxyl groups excluding tert-OH is 1. The van der Waals surface area contributed by atoms with E-state index in [2.05, 4.69) is 9.97 Å². The van der Waals surface area contributed by atoms with Gasteiger partial charge < -0.3 is 14.6 Å². The second kappa shape index (κ2) is 6.26. The number of aromatic nitrogens is 2. The van der Waals surface area contributed by atoms with Gasteiger partial charge in [0.1, 0.15) is 11.8 Å². The fraction of sp³-hybridized carbons (Fsp3) is 0.231. The van der Waals surface area contributed by atoms with Crippen LogP contribution in [0.15, 0.2) is 24.4 Å². The van der Waals surface area contributed by atoms with Crippen LogP contribution in [0.5, 0.6) is 11.8 Å². The summed E-state index contributed by atoms with van der Waals surface area (Å²) in [6, 6.07) is 4.96. The molecule has 0 aliphatic heterocycles. The van der Waals surface area contributed by atoms with Crippen molar-refractivity contribution in [2.24, 2.45) is 0 Å². The van der Waals surface area contributed by atoms with Gasteiger partial charge in [0.2, 0.25) is 11.8 Å². The molecule has 0 amide bonds. The van der Waals surface area contributed by atoms with Crippen LogP contribution in [-0.2, 0) is 0 Å². The summed E-state index contributed by atoms with van der Waals surface area (Å²) < 4.78 is 10.1. The highest BCUT2D eigenvalue weighted by atomic mass is 35.5. The first kappa shape index (κ1) is 14.8. The molecule has 2 aromatic rings. The van der Waals surface area contributed by atoms with Gasteiger partial charge in [-0.2, -0.15) is 4.98 Å². The van der Waals surface area contributed by atoms with Crippen molar-refractivity contribution in [3.63, 3.8) is 0 Å². The van der Waals surface area contributed by atoms with E-state index in [4.69, 9.17) is 32.7 Å². The number of ether oxygens (including phenoxy) is 2. The van der Waals surface area contributed by atoms with Crippen molar-refractivity contribution in [3.8, 4) is 11.8 Å². The Morgan fingerprint density at radius 1 is 1.15 bits per heavy atom. The summed E-state index contributed by atoms with van der Waals surface area (Å²) in [5, 5.41) is 11.1. The predicted octanol–water partition coefficient (Wildman–Crippen LogP) is 2.88. The zero-order valence-electron chi connectivity index (χ0n) is 10.8. The van der Waals surface area contributed by atoms with Crippen LogP contribution in [0.25, 0.3) is 0 Å². The van der Waals surface area contributed by atoms with Crippen LogP contribution >= 0.6 is 23.2 Å². The summed E-state index contributed by atoms with van der Waals surface area (Å²) in [5.41, 5.74) is 0.567. The van der Waals surface area contributed by atoms with E-state index in [9.17, 15) is 5.11 Å². The van der Waals surface area contributed by atoms with E-state index < -0.39 is 6.10 Å². The molecule has 1 N–H and O–H groups in total. The Bertz CT molecular complexity index is 602. The smallest absolute Gasteiger partial charge is 0.241 e. The van der Waals surface area contributed by atoms with Gasteiger partial charge in [0.25, 0.3) is 0 Å². The minimum atomic E-state index is -1.15. The summed E-state index contributed by atoms with van der Waals surface area (Å²) in [6.07, 6.45) is 0.232. The minimum absolute atomic E-state index is 0.146. The zero-order chi connectivity index (χ0) is 14.7. The van der Waals surface area contributed by atoms with E-state index in [1.807, 2.05) is 0 Å². The van der Waals surface area contributed by atoms with Crippen molar-refractivity contribution in [1.29, 1.82) is 0 Å². The van der Waals surface area contributed by atoms with Crippen LogP contribution in [0.4, 0.5) is 0 Å². The maximum Gasteiger partial charge on any atom is 0.241 e. The number of nitrogens with zero attached hydrogens (tertiary/aromatic N) is 2. The lowest BCUT2D eigenvalue weighted by molar-refractivity contribution is 0.207. The number of benzene rings is 1. The van der Waals surface area contributed by atoms with E-state index in [-0.39, 0.29) is 17.5 Å². The molecule has 1 aromatic heterocycles. The molecule has 1 heterocycles. The second-order valence-electron chi connectivity index (χ2n) is 3.84. The fourth-order valence-corrected chi connectivity index (χ4v) is 2.32. The normalized spacial score (nSPS) is 12.1. The Labute approximate surface area is 126 Å². The summed E-state index contributed by atoms with van der Waals surface area (Å²) in [4.78, 5) is 8.16. The van der Waals surface area contributed by atoms with Gasteiger partial charge in [-0.25, -0.2) is 4.98 Å². The average Bonchev–Trinajstić information content (AvgIpc) is 2.46. The Morgan fingerprint density at radius 3 is 2.35 bits per heavy atom. The molecule has 5 nitrogen and oxygen atoms in total. The molecule has 0 fully saturated rings. The van der Waals surface area contributed by atoms with Crippen molar-refractivity contribution in [2.45, 2.75) is 6.10 Å². The molecule has 1 aromatic carbocycles. The predicted molar refractivity (Wildman–Crippen MR) is 75.7 cm³/mol. The quantitative estimate of drug-likeness (QED) is 0.940. The molecule has 0 radical (unpaired) electrons. The maximum atomic E-state index is 10.4. The molecule has 1 atom stereocenters. The van der Waals surface area contributed by atoms with E-state index >= 15 is 0 Å². The van der Waals surface area contributed by atoms with E-state index in [0.717, 1.165) is 0 Å². The van der Waals surface area contributed by atoms with Gasteiger partial charge in [-0.3, -0.25) is 0 Å². The van der Waals surface area contributed by atoms with Gasteiger partial charge in [-0.05, 0) is 12.1 Å². The number of hydrogen-bond donors (Lipinski definition) is 1. The van der Waals surface area contributed by atoms with E-state index in [1.165, 1.54) is 20.4 Å². The summed E-state index contributed by atoms with van der Waals surface area (Å²) in [6.45, 7) is 0. The van der Waals surface area contributed by atoms with Crippen molar-refractivity contribution in [2.75, 3.05) is 14.2 Å². The van der Waals surface area contributed by atoms with Crippen molar-refractivity contribution in [3.05, 3.63) is 45.7 Å². The van der Waals surface area contributed by atoms with E-state index in [0.29, 0.717) is 15.6 Å². The summed E-state index contributed by atoms with van der Waals surface area (Å²) >= 11 is 12.1. The molecule has 0 saturated carbocycles. The van der Waals surface area contributed by atoms with Crippen LogP contribution in [0.1, 0.15) is 17.4 Å². The first-order valence-electron chi connectivity index (χ1n) is 5.65. The highest BCUT2D eigenvalue weighted by Crippen LogP contribution is 2.36. The SMILES string of the molecule is COc1cnc(C(O)c2c(Cl)cccc2Cl)c(OC)n1. The molecule has 106 valence electrons. The van der Waals surface area contributed by atoms with Crippen LogP contribution < -0.4 is 9.47 Å². The largest absolute Gasteiger partial charge is 0.480 e. The fourth-order valence-electron chi connectivity index (χ4n) is 1.71. The minimum Gasteiger partial charge on any atom is -0.480 e. The third kappa shape index (κ3) is 2.80. The molecule has 0 aliphatic carbocycles. The van der Waals surface area contributed by atoms with Gasteiger partial charge in [0, 0.05) is 15.6 Å². The lowest BCUT2D eigenvalue weighted by atomic mass is 10.1. The van der Waals surface area contributed by atoms with Crippen LogP contribution in [0, 0.1) is 0 Å². The Balaban J connectivity index is 2.50. The lowest BCUT2D eigenvalue weighted by Crippen LogP contribution is -2.08. The Hall–Kier alpha value is -1.56. The molecule has 0 bridgehead atoms. The van der Waals surface area contributed by atoms with Crippen LogP contribution in [0.3, 0.4) is 0 Å². The molecule has 2 rings (SSSR count). The maximum absolute atomic E-state index is 10.4. The number of hydrogen-bond acceptors (Lipinski definition) is 5. The van der Waals surface area contributed by atoms with E-state index in [1.54, 1.807) is 18.2 Å². The first-order chi connectivity index (χ1) is 9.58. The number of rotatable bonds is 4. The van der Waals surface area contributed by atoms with Crippen molar-refractivity contribution >= 4 is 23.2 Å². The lowest BCUT2D eigenvalue weighted by Gasteiger charge is -2.16. The third-order valence-corrected chi connectivity index (χ3v) is 3.34. The standard InChI is InChI=1S/C13H12Cl2N2O3/c1-19-9-6-16-11(13(17-9)20-2)12(18)10-7(14)4-3-5-8(10)15/h3-6,12,18H,1-2H3.